The Balaban J connectivity index is 2.45. The van der Waals surface area contributed by atoms with Crippen LogP contribution in [-0.4, -0.2) is 19.9 Å². The molecule has 0 unspecified atom stereocenters. The van der Waals surface area contributed by atoms with Gasteiger partial charge in [-0.2, -0.15) is 0 Å². The van der Waals surface area contributed by atoms with Gasteiger partial charge in [-0.3, -0.25) is 0 Å². The number of aromatic nitrogens is 1. The minimum absolute atomic E-state index is 0.0861. The van der Waals surface area contributed by atoms with Crippen LogP contribution in [0.5, 0.6) is 0 Å². The van der Waals surface area contributed by atoms with Gasteiger partial charge in [0.05, 0.1) is 0 Å². The van der Waals surface area contributed by atoms with E-state index >= 15 is 0 Å². The standard InChI is InChI=1S/C19H25NSe/c1-18(2,3)16-12-15(13-17(20-16)19(4,5)6)21-14-10-8-7-9-11-14/h7-13H,1-6H3. The van der Waals surface area contributed by atoms with Crippen LogP contribution in [0.15, 0.2) is 42.5 Å². The van der Waals surface area contributed by atoms with Crippen LogP contribution in [0.25, 0.3) is 0 Å². The number of pyridine rings is 1. The van der Waals surface area contributed by atoms with Gasteiger partial charge in [0.2, 0.25) is 0 Å². The van der Waals surface area contributed by atoms with E-state index in [2.05, 4.69) is 84.0 Å². The Kier molecular flexibility index (Phi) is 4.60. The summed E-state index contributed by atoms with van der Waals surface area (Å²) in [5.41, 5.74) is 2.57. The average molecular weight is 346 g/mol. The third-order valence-electron chi connectivity index (χ3n) is 3.31. The molecular weight excluding hydrogens is 321 g/mol. The van der Waals surface area contributed by atoms with Crippen molar-refractivity contribution in [3.8, 4) is 0 Å². The summed E-state index contributed by atoms with van der Waals surface area (Å²) in [6.07, 6.45) is 0. The molecule has 0 radical (unpaired) electrons. The van der Waals surface area contributed by atoms with Gasteiger partial charge in [-0.25, -0.2) is 0 Å². The van der Waals surface area contributed by atoms with E-state index in [9.17, 15) is 0 Å². The Bertz CT molecular complexity index is 571. The molecule has 0 saturated heterocycles. The molecule has 2 heteroatoms. The van der Waals surface area contributed by atoms with Crippen molar-refractivity contribution in [3.63, 3.8) is 0 Å². The van der Waals surface area contributed by atoms with Crippen LogP contribution in [0.1, 0.15) is 52.9 Å². The summed E-state index contributed by atoms with van der Waals surface area (Å²) in [6.45, 7) is 13.4. The van der Waals surface area contributed by atoms with Gasteiger partial charge in [-0.05, 0) is 0 Å². The number of hydrogen-bond acceptors (Lipinski definition) is 1. The second kappa shape index (κ2) is 5.94. The summed E-state index contributed by atoms with van der Waals surface area (Å²) in [4.78, 5) is 4.93. The molecule has 0 saturated carbocycles. The molecule has 0 N–H and O–H groups in total. The van der Waals surface area contributed by atoms with Crippen LogP contribution >= 0.6 is 0 Å². The Morgan fingerprint density at radius 2 is 1.19 bits per heavy atom. The fourth-order valence-electron chi connectivity index (χ4n) is 1.96. The van der Waals surface area contributed by atoms with Gasteiger partial charge in [0.1, 0.15) is 0 Å². The van der Waals surface area contributed by atoms with Crippen molar-refractivity contribution in [2.24, 2.45) is 0 Å². The minimum atomic E-state index is 0.0861. The number of benzene rings is 1. The molecule has 0 aliphatic rings. The Morgan fingerprint density at radius 3 is 1.62 bits per heavy atom. The zero-order valence-corrected chi connectivity index (χ0v) is 15.6. The van der Waals surface area contributed by atoms with Crippen LogP contribution in [-0.2, 0) is 10.8 Å². The molecule has 0 amide bonds. The van der Waals surface area contributed by atoms with Gasteiger partial charge >= 0.3 is 135 Å². The Labute approximate surface area is 135 Å². The van der Waals surface area contributed by atoms with Crippen LogP contribution < -0.4 is 8.92 Å². The van der Waals surface area contributed by atoms with E-state index in [0.29, 0.717) is 15.0 Å². The first-order valence-electron chi connectivity index (χ1n) is 7.42. The van der Waals surface area contributed by atoms with Crippen molar-refractivity contribution in [2.75, 3.05) is 0 Å². The quantitative estimate of drug-likeness (QED) is 0.760. The maximum atomic E-state index is 4.93. The summed E-state index contributed by atoms with van der Waals surface area (Å²) >= 11 is 0.337. The summed E-state index contributed by atoms with van der Waals surface area (Å²) in [6, 6.07) is 15.3. The zero-order chi connectivity index (χ0) is 15.7. The third-order valence-corrected chi connectivity index (χ3v) is 5.37. The first kappa shape index (κ1) is 16.3. The van der Waals surface area contributed by atoms with Crippen LogP contribution in [0.3, 0.4) is 0 Å². The van der Waals surface area contributed by atoms with Crippen LogP contribution in [0.2, 0.25) is 0 Å². The molecule has 1 aromatic carbocycles. The predicted octanol–water partition coefficient (Wildman–Crippen LogP) is 3.33. The van der Waals surface area contributed by atoms with Crippen molar-refractivity contribution in [1.29, 1.82) is 0 Å². The first-order chi connectivity index (χ1) is 9.66. The van der Waals surface area contributed by atoms with Gasteiger partial charge < -0.3 is 0 Å². The summed E-state index contributed by atoms with van der Waals surface area (Å²) in [7, 11) is 0. The van der Waals surface area contributed by atoms with Crippen molar-refractivity contribution >= 4 is 23.9 Å². The molecule has 1 heterocycles. The molecule has 21 heavy (non-hydrogen) atoms. The van der Waals surface area contributed by atoms with E-state index in [4.69, 9.17) is 4.98 Å². The number of nitrogens with zero attached hydrogens (tertiary/aromatic N) is 1. The van der Waals surface area contributed by atoms with Crippen LogP contribution in [0, 0.1) is 0 Å². The first-order valence-corrected chi connectivity index (χ1v) is 9.13. The van der Waals surface area contributed by atoms with Crippen molar-refractivity contribution in [3.05, 3.63) is 53.9 Å². The third kappa shape index (κ3) is 4.43. The molecule has 0 aliphatic carbocycles. The second-order valence-electron chi connectivity index (χ2n) is 7.49. The predicted molar refractivity (Wildman–Crippen MR) is 93.1 cm³/mol. The summed E-state index contributed by atoms with van der Waals surface area (Å²) in [5, 5.41) is 0. The van der Waals surface area contributed by atoms with E-state index < -0.39 is 0 Å². The average Bonchev–Trinajstić information content (AvgIpc) is 2.37. The number of rotatable bonds is 2. The molecule has 0 spiro atoms. The SMILES string of the molecule is CC(C)(C)c1cc([Se]c2ccccc2)cc(C(C)(C)C)n1. The molecule has 112 valence electrons. The van der Waals surface area contributed by atoms with Crippen molar-refractivity contribution in [1.82, 2.24) is 4.98 Å². The van der Waals surface area contributed by atoms with Gasteiger partial charge in [0, 0.05) is 0 Å². The molecule has 0 bridgehead atoms. The normalized spacial score (nSPS) is 12.5. The Morgan fingerprint density at radius 1 is 0.714 bits per heavy atom. The number of hydrogen-bond donors (Lipinski definition) is 0. The van der Waals surface area contributed by atoms with E-state index in [1.54, 1.807) is 0 Å². The molecule has 2 aromatic rings. The summed E-state index contributed by atoms with van der Waals surface area (Å²) < 4.78 is 2.83. The van der Waals surface area contributed by atoms with Crippen molar-refractivity contribution in [2.45, 2.75) is 52.4 Å². The molecule has 0 atom stereocenters. The monoisotopic (exact) mass is 347 g/mol. The molecule has 2 rings (SSSR count). The molecule has 0 aliphatic heterocycles. The molecule has 1 aromatic heterocycles. The summed E-state index contributed by atoms with van der Waals surface area (Å²) in [5.74, 6) is 0. The van der Waals surface area contributed by atoms with Gasteiger partial charge in [0.25, 0.3) is 0 Å². The van der Waals surface area contributed by atoms with Crippen LogP contribution in [0.4, 0.5) is 0 Å². The fourth-order valence-corrected chi connectivity index (χ4v) is 3.86. The molecule has 0 fully saturated rings. The van der Waals surface area contributed by atoms with Gasteiger partial charge in [0.15, 0.2) is 0 Å². The molecule has 1 nitrogen and oxygen atoms in total. The van der Waals surface area contributed by atoms with E-state index in [1.807, 2.05) is 0 Å². The van der Waals surface area contributed by atoms with Gasteiger partial charge in [-0.15, -0.1) is 0 Å². The van der Waals surface area contributed by atoms with E-state index in [-0.39, 0.29) is 10.8 Å². The second-order valence-corrected chi connectivity index (χ2v) is 9.89. The topological polar surface area (TPSA) is 12.9 Å². The van der Waals surface area contributed by atoms with Gasteiger partial charge in [-0.1, -0.05) is 0 Å². The van der Waals surface area contributed by atoms with E-state index in [0.717, 1.165) is 0 Å². The zero-order valence-electron chi connectivity index (χ0n) is 13.9. The van der Waals surface area contributed by atoms with E-state index in [1.165, 1.54) is 20.3 Å². The Hall–Kier alpha value is -1.11. The molecular formula is C19H25NSe. The van der Waals surface area contributed by atoms with Crippen molar-refractivity contribution < 1.29 is 0 Å². The fraction of sp³-hybridized carbons (Fsp3) is 0.421. The maximum absolute atomic E-state index is 4.93.